The quantitative estimate of drug-likeness (QED) is 0.205. The van der Waals surface area contributed by atoms with Crippen LogP contribution in [-0.4, -0.2) is 61.3 Å². The fraction of sp³-hybridized carbons (Fsp3) is 0.500. The van der Waals surface area contributed by atoms with E-state index in [-0.39, 0.29) is 5.91 Å². The fourth-order valence-electron chi connectivity index (χ4n) is 5.71. The lowest BCUT2D eigenvalue weighted by Gasteiger charge is -2.35. The van der Waals surface area contributed by atoms with Crippen LogP contribution < -0.4 is 5.32 Å². The summed E-state index contributed by atoms with van der Waals surface area (Å²) in [6.45, 7) is 4.91. The van der Waals surface area contributed by atoms with Crippen molar-refractivity contribution < 1.29 is 4.79 Å². The molecule has 1 amide bonds. The molecule has 3 aromatic rings. The van der Waals surface area contributed by atoms with E-state index in [1.165, 1.54) is 70.0 Å². The van der Waals surface area contributed by atoms with Gasteiger partial charge in [-0.25, -0.2) is 9.97 Å². The Hall–Kier alpha value is -3.23. The average molecular weight is 516 g/mol. The molecular weight excluding hydrogens is 474 g/mol. The van der Waals surface area contributed by atoms with Crippen LogP contribution in [0, 0.1) is 0 Å². The molecule has 3 N–H and O–H groups in total. The molecule has 8 heteroatoms. The molecule has 38 heavy (non-hydrogen) atoms. The van der Waals surface area contributed by atoms with Crippen molar-refractivity contribution in [3.8, 4) is 0 Å². The summed E-state index contributed by atoms with van der Waals surface area (Å²) in [7, 11) is 0. The molecule has 202 valence electrons. The Bertz CT molecular complexity index is 1080. The number of hydrogen-bond donors (Lipinski definition) is 3. The van der Waals surface area contributed by atoms with Crippen LogP contribution in [0.4, 0.5) is 0 Å². The van der Waals surface area contributed by atoms with Gasteiger partial charge in [-0.3, -0.25) is 9.69 Å². The summed E-state index contributed by atoms with van der Waals surface area (Å²) in [4.78, 5) is 32.5. The van der Waals surface area contributed by atoms with Gasteiger partial charge in [-0.2, -0.15) is 0 Å². The summed E-state index contributed by atoms with van der Waals surface area (Å²) in [5.74, 6) is 1.45. The predicted octanol–water partition coefficient (Wildman–Crippen LogP) is 4.81. The van der Waals surface area contributed by atoms with E-state index >= 15 is 0 Å². The lowest BCUT2D eigenvalue weighted by molar-refractivity contribution is 0.0721. The predicted molar refractivity (Wildman–Crippen MR) is 149 cm³/mol. The third kappa shape index (κ3) is 7.42. The van der Waals surface area contributed by atoms with Crippen molar-refractivity contribution in [3.05, 3.63) is 83.5 Å². The molecule has 0 radical (unpaired) electrons. The number of aromatic nitrogens is 4. The van der Waals surface area contributed by atoms with Crippen LogP contribution in [-0.2, 0) is 19.6 Å². The Balaban J connectivity index is 1.08. The molecule has 1 aliphatic heterocycles. The summed E-state index contributed by atoms with van der Waals surface area (Å²) in [6.07, 6.45) is 20.2. The van der Waals surface area contributed by atoms with Gasteiger partial charge in [-0.15, -0.1) is 0 Å². The largest absolute Gasteiger partial charge is 0.347 e. The normalized spacial score (nSPS) is 17.3. The minimum atomic E-state index is -0.0442. The first-order chi connectivity index (χ1) is 18.7. The minimum absolute atomic E-state index is 0.0442. The number of nitrogens with zero attached hydrogens (tertiary/aromatic N) is 4. The number of carbonyl (C=O) groups is 1. The van der Waals surface area contributed by atoms with Crippen molar-refractivity contribution in [2.45, 2.75) is 77.0 Å². The number of nitrogens with one attached hydrogen (secondary N) is 3. The van der Waals surface area contributed by atoms with Gasteiger partial charge >= 0.3 is 0 Å². The second-order valence-corrected chi connectivity index (χ2v) is 10.6. The Morgan fingerprint density at radius 1 is 0.947 bits per heavy atom. The third-order valence-electron chi connectivity index (χ3n) is 7.92. The van der Waals surface area contributed by atoms with E-state index in [0.717, 1.165) is 30.8 Å². The Morgan fingerprint density at radius 2 is 1.58 bits per heavy atom. The molecule has 5 rings (SSSR count). The molecule has 2 fully saturated rings. The molecule has 3 heterocycles. The highest BCUT2D eigenvalue weighted by atomic mass is 16.2. The van der Waals surface area contributed by atoms with Crippen molar-refractivity contribution in [1.82, 2.24) is 35.1 Å². The molecule has 0 unspecified atom stereocenters. The molecule has 0 atom stereocenters. The zero-order valence-corrected chi connectivity index (χ0v) is 22.4. The molecule has 1 saturated carbocycles. The summed E-state index contributed by atoms with van der Waals surface area (Å²) in [5.41, 5.74) is 3.43. The zero-order chi connectivity index (χ0) is 26.0. The maximum Gasteiger partial charge on any atom is 0.254 e. The number of amides is 1. The second kappa shape index (κ2) is 13.5. The smallest absolute Gasteiger partial charge is 0.254 e. The Labute approximate surface area is 226 Å². The van der Waals surface area contributed by atoms with Crippen molar-refractivity contribution in [2.24, 2.45) is 0 Å². The van der Waals surface area contributed by atoms with Crippen LogP contribution in [0.15, 0.2) is 60.7 Å². The SMILES string of the molecule is O=C(c1ccc(CNCC=C2CCN(C3CCCCCC3)CC2)cc1)N(Cc1ncc[nH]1)Cc1ncc[nH]1. The first-order valence-corrected chi connectivity index (χ1v) is 14.2. The molecule has 1 aliphatic carbocycles. The van der Waals surface area contributed by atoms with Crippen LogP contribution in [0.1, 0.15) is 78.9 Å². The van der Waals surface area contributed by atoms with Gasteiger partial charge in [0.05, 0.1) is 13.1 Å². The summed E-state index contributed by atoms with van der Waals surface area (Å²) >= 11 is 0. The molecule has 1 saturated heterocycles. The Morgan fingerprint density at radius 3 is 2.16 bits per heavy atom. The number of benzene rings is 1. The van der Waals surface area contributed by atoms with E-state index in [9.17, 15) is 4.79 Å². The van der Waals surface area contributed by atoms with Gasteiger partial charge in [-0.05, 0) is 43.4 Å². The number of piperidine rings is 1. The van der Waals surface area contributed by atoms with E-state index in [4.69, 9.17) is 0 Å². The number of imidazole rings is 2. The number of likely N-dealkylation sites (tertiary alicyclic amines) is 1. The van der Waals surface area contributed by atoms with Crippen LogP contribution in [0.2, 0.25) is 0 Å². The second-order valence-electron chi connectivity index (χ2n) is 10.6. The van der Waals surface area contributed by atoms with Crippen LogP contribution in [0.5, 0.6) is 0 Å². The van der Waals surface area contributed by atoms with Crippen LogP contribution >= 0.6 is 0 Å². The number of hydrogen-bond acceptors (Lipinski definition) is 5. The van der Waals surface area contributed by atoms with Gasteiger partial charge in [-0.1, -0.05) is 49.5 Å². The highest BCUT2D eigenvalue weighted by molar-refractivity contribution is 5.94. The van der Waals surface area contributed by atoms with Crippen molar-refractivity contribution in [2.75, 3.05) is 19.6 Å². The van der Waals surface area contributed by atoms with E-state index in [1.54, 1.807) is 35.3 Å². The Kier molecular flexibility index (Phi) is 9.39. The molecule has 0 bridgehead atoms. The number of H-pyrrole nitrogens is 2. The van der Waals surface area contributed by atoms with Gasteiger partial charge in [0.25, 0.3) is 5.91 Å². The topological polar surface area (TPSA) is 92.9 Å². The molecular formula is C30H41N7O. The van der Waals surface area contributed by atoms with E-state index in [2.05, 4.69) is 36.2 Å². The van der Waals surface area contributed by atoms with Crippen molar-refractivity contribution in [1.29, 1.82) is 0 Å². The lowest BCUT2D eigenvalue weighted by Crippen LogP contribution is -2.39. The van der Waals surface area contributed by atoms with Gasteiger partial charge in [0, 0.05) is 62.6 Å². The van der Waals surface area contributed by atoms with Gasteiger partial charge in [0.2, 0.25) is 0 Å². The maximum absolute atomic E-state index is 13.3. The fourth-order valence-corrected chi connectivity index (χ4v) is 5.71. The third-order valence-corrected chi connectivity index (χ3v) is 7.92. The molecule has 2 aromatic heterocycles. The van der Waals surface area contributed by atoms with Crippen molar-refractivity contribution in [3.63, 3.8) is 0 Å². The van der Waals surface area contributed by atoms with Gasteiger partial charge < -0.3 is 20.2 Å². The highest BCUT2D eigenvalue weighted by Gasteiger charge is 2.23. The minimum Gasteiger partial charge on any atom is -0.347 e. The average Bonchev–Trinajstić information content (AvgIpc) is 3.60. The highest BCUT2D eigenvalue weighted by Crippen LogP contribution is 2.26. The summed E-state index contributed by atoms with van der Waals surface area (Å²) in [5, 5.41) is 3.55. The molecule has 0 spiro atoms. The zero-order valence-electron chi connectivity index (χ0n) is 22.4. The maximum atomic E-state index is 13.3. The summed E-state index contributed by atoms with van der Waals surface area (Å²) in [6, 6.07) is 8.73. The van der Waals surface area contributed by atoms with Crippen LogP contribution in [0.25, 0.3) is 0 Å². The number of carbonyl (C=O) groups excluding carboxylic acids is 1. The molecule has 2 aliphatic rings. The molecule has 1 aromatic carbocycles. The first-order valence-electron chi connectivity index (χ1n) is 14.2. The lowest BCUT2D eigenvalue weighted by atomic mass is 9.99. The van der Waals surface area contributed by atoms with Gasteiger partial charge in [0.15, 0.2) is 0 Å². The van der Waals surface area contributed by atoms with E-state index < -0.39 is 0 Å². The molecule has 8 nitrogen and oxygen atoms in total. The van der Waals surface area contributed by atoms with Crippen LogP contribution in [0.3, 0.4) is 0 Å². The standard InChI is InChI=1S/C30H41N7O/c38-30(37(22-28-32-15-16-33-28)23-29-34-17-18-35-29)26-9-7-25(8-10-26)21-31-14-11-24-12-19-36(20-13-24)27-5-3-1-2-4-6-27/h7-11,15-18,27,31H,1-6,12-14,19-23H2,(H,32,33)(H,34,35). The monoisotopic (exact) mass is 515 g/mol. The van der Waals surface area contributed by atoms with Crippen molar-refractivity contribution >= 4 is 5.91 Å². The number of aromatic amines is 2. The van der Waals surface area contributed by atoms with E-state index in [0.29, 0.717) is 18.7 Å². The van der Waals surface area contributed by atoms with Gasteiger partial charge in [0.1, 0.15) is 11.6 Å². The van der Waals surface area contributed by atoms with E-state index in [1.807, 2.05) is 24.3 Å². The number of rotatable bonds is 10. The summed E-state index contributed by atoms with van der Waals surface area (Å²) < 4.78 is 0. The first kappa shape index (κ1) is 26.4.